The van der Waals surface area contributed by atoms with Crippen LogP contribution in [0.1, 0.15) is 46.2 Å². The Kier molecular flexibility index (Phi) is 5.20. The van der Waals surface area contributed by atoms with Gasteiger partial charge in [0.25, 0.3) is 5.91 Å². The quantitative estimate of drug-likeness (QED) is 0.916. The number of likely N-dealkylation sites (tertiary alicyclic amines) is 1. The van der Waals surface area contributed by atoms with Crippen molar-refractivity contribution in [2.45, 2.75) is 32.1 Å². The van der Waals surface area contributed by atoms with Gasteiger partial charge in [-0.05, 0) is 38.3 Å². The van der Waals surface area contributed by atoms with Crippen LogP contribution >= 0.6 is 0 Å². The maximum atomic E-state index is 11.3. The fourth-order valence-electron chi connectivity index (χ4n) is 3.32. The van der Waals surface area contributed by atoms with E-state index in [1.807, 2.05) is 6.92 Å². The number of carbonyl (C=O) groups excluding carboxylic acids is 1. The Hall–Kier alpha value is -2.27. The van der Waals surface area contributed by atoms with Gasteiger partial charge in [0.1, 0.15) is 5.82 Å². The zero-order chi connectivity index (χ0) is 16.9. The predicted molar refractivity (Wildman–Crippen MR) is 93.8 cm³/mol. The number of primary amides is 1. The maximum absolute atomic E-state index is 11.3. The molecule has 1 unspecified atom stereocenters. The summed E-state index contributed by atoms with van der Waals surface area (Å²) in [6, 6.07) is 10.6. The van der Waals surface area contributed by atoms with E-state index >= 15 is 0 Å². The molecule has 1 aromatic carbocycles. The van der Waals surface area contributed by atoms with Crippen LogP contribution in [0.25, 0.3) is 0 Å². The highest BCUT2D eigenvalue weighted by Gasteiger charge is 2.24. The van der Waals surface area contributed by atoms with Gasteiger partial charge >= 0.3 is 0 Å². The van der Waals surface area contributed by atoms with Crippen LogP contribution in [-0.4, -0.2) is 40.4 Å². The molecule has 5 heteroatoms. The second kappa shape index (κ2) is 7.53. The first kappa shape index (κ1) is 16.6. The van der Waals surface area contributed by atoms with E-state index < -0.39 is 5.91 Å². The van der Waals surface area contributed by atoms with E-state index in [-0.39, 0.29) is 0 Å². The molecule has 0 radical (unpaired) electrons. The van der Waals surface area contributed by atoms with Crippen LogP contribution in [0, 0.1) is 6.92 Å². The van der Waals surface area contributed by atoms with E-state index in [2.05, 4.69) is 45.2 Å². The molecule has 1 atom stereocenters. The number of aromatic nitrogens is 2. The summed E-state index contributed by atoms with van der Waals surface area (Å²) in [4.78, 5) is 22.7. The summed E-state index contributed by atoms with van der Waals surface area (Å²) >= 11 is 0. The highest BCUT2D eigenvalue weighted by Crippen LogP contribution is 2.25. The number of benzene rings is 1. The molecule has 2 aromatic rings. The molecule has 1 aliphatic rings. The van der Waals surface area contributed by atoms with Gasteiger partial charge in [0.2, 0.25) is 0 Å². The molecule has 3 rings (SSSR count). The molecule has 2 N–H and O–H groups in total. The molecule has 0 spiro atoms. The second-order valence-electron chi connectivity index (χ2n) is 6.47. The van der Waals surface area contributed by atoms with Crippen molar-refractivity contribution in [2.24, 2.45) is 5.73 Å². The Morgan fingerprint density at radius 1 is 1.33 bits per heavy atom. The van der Waals surface area contributed by atoms with Gasteiger partial charge < -0.3 is 10.6 Å². The number of nitrogens with two attached hydrogens (primary N) is 1. The predicted octanol–water partition coefficient (Wildman–Crippen LogP) is 2.31. The van der Waals surface area contributed by atoms with Crippen LogP contribution in [0.5, 0.6) is 0 Å². The highest BCUT2D eigenvalue weighted by molar-refractivity contribution is 5.93. The summed E-state index contributed by atoms with van der Waals surface area (Å²) in [5.74, 6) is 0.698. The van der Waals surface area contributed by atoms with Gasteiger partial charge in [0, 0.05) is 25.2 Å². The largest absolute Gasteiger partial charge is 0.365 e. The highest BCUT2D eigenvalue weighted by atomic mass is 16.1. The van der Waals surface area contributed by atoms with E-state index in [9.17, 15) is 4.79 Å². The summed E-state index contributed by atoms with van der Waals surface area (Å²) in [6.45, 7) is 4.98. The number of aryl methyl sites for hydroxylation is 1. The number of hydrogen-bond donors (Lipinski definition) is 1. The zero-order valence-corrected chi connectivity index (χ0v) is 14.1. The SMILES string of the molecule is Cc1nc(C2CCCN(CCc3ccccc3)C2)ncc1C(N)=O. The zero-order valence-electron chi connectivity index (χ0n) is 14.1. The number of amides is 1. The minimum atomic E-state index is -0.466. The van der Waals surface area contributed by atoms with Gasteiger partial charge in [0.05, 0.1) is 11.3 Å². The molecular formula is C19H24N4O. The van der Waals surface area contributed by atoms with Crippen LogP contribution < -0.4 is 5.73 Å². The summed E-state index contributed by atoms with van der Waals surface area (Å²) in [7, 11) is 0. The monoisotopic (exact) mass is 324 g/mol. The molecule has 0 saturated carbocycles. The lowest BCUT2D eigenvalue weighted by atomic mass is 9.96. The maximum Gasteiger partial charge on any atom is 0.252 e. The van der Waals surface area contributed by atoms with Gasteiger partial charge in [-0.15, -0.1) is 0 Å². The van der Waals surface area contributed by atoms with E-state index in [0.717, 1.165) is 44.7 Å². The standard InChI is InChI=1S/C19H24N4O/c1-14-17(18(20)24)12-21-19(22-14)16-8-5-10-23(13-16)11-9-15-6-3-2-4-7-15/h2-4,6-7,12,16H,5,8-11,13H2,1H3,(H2,20,24). The summed E-state index contributed by atoms with van der Waals surface area (Å²) in [6.07, 6.45) is 4.88. The molecule has 24 heavy (non-hydrogen) atoms. The molecule has 1 saturated heterocycles. The van der Waals surface area contributed by atoms with Crippen molar-refractivity contribution in [1.82, 2.24) is 14.9 Å². The Morgan fingerprint density at radius 3 is 2.83 bits per heavy atom. The number of hydrogen-bond acceptors (Lipinski definition) is 4. The van der Waals surface area contributed by atoms with Crippen LogP contribution in [0.3, 0.4) is 0 Å². The molecule has 0 bridgehead atoms. The Labute approximate surface area is 142 Å². The lowest BCUT2D eigenvalue weighted by Crippen LogP contribution is -2.36. The van der Waals surface area contributed by atoms with Gasteiger partial charge in [-0.2, -0.15) is 0 Å². The van der Waals surface area contributed by atoms with Gasteiger partial charge in [-0.25, -0.2) is 9.97 Å². The van der Waals surface area contributed by atoms with Crippen molar-refractivity contribution in [3.8, 4) is 0 Å². The second-order valence-corrected chi connectivity index (χ2v) is 6.47. The molecule has 1 aliphatic heterocycles. The van der Waals surface area contributed by atoms with Crippen LogP contribution in [0.15, 0.2) is 36.5 Å². The van der Waals surface area contributed by atoms with E-state index in [1.165, 1.54) is 5.56 Å². The van der Waals surface area contributed by atoms with Gasteiger partial charge in [-0.1, -0.05) is 30.3 Å². The topological polar surface area (TPSA) is 72.1 Å². The van der Waals surface area contributed by atoms with Crippen molar-refractivity contribution in [3.63, 3.8) is 0 Å². The Morgan fingerprint density at radius 2 is 2.12 bits per heavy atom. The number of piperidine rings is 1. The third kappa shape index (κ3) is 3.97. The van der Waals surface area contributed by atoms with Gasteiger partial charge in [0.15, 0.2) is 0 Å². The van der Waals surface area contributed by atoms with E-state index in [0.29, 0.717) is 17.2 Å². The molecule has 1 amide bonds. The summed E-state index contributed by atoms with van der Waals surface area (Å²) in [5, 5.41) is 0. The molecule has 1 fully saturated rings. The van der Waals surface area contributed by atoms with Crippen LogP contribution in [0.4, 0.5) is 0 Å². The summed E-state index contributed by atoms with van der Waals surface area (Å²) < 4.78 is 0. The fraction of sp³-hybridized carbons (Fsp3) is 0.421. The van der Waals surface area contributed by atoms with Crippen molar-refractivity contribution in [3.05, 3.63) is 59.2 Å². The van der Waals surface area contributed by atoms with E-state index in [1.54, 1.807) is 6.20 Å². The normalized spacial score (nSPS) is 18.5. The Bertz CT molecular complexity index is 702. The van der Waals surface area contributed by atoms with E-state index in [4.69, 9.17) is 5.73 Å². The third-order valence-electron chi connectivity index (χ3n) is 4.69. The van der Waals surface area contributed by atoms with Crippen LogP contribution in [0.2, 0.25) is 0 Å². The first-order valence-electron chi connectivity index (χ1n) is 8.53. The molecule has 1 aromatic heterocycles. The van der Waals surface area contributed by atoms with Crippen molar-refractivity contribution < 1.29 is 4.79 Å². The summed E-state index contributed by atoms with van der Waals surface area (Å²) in [5.41, 5.74) is 7.79. The molecule has 5 nitrogen and oxygen atoms in total. The van der Waals surface area contributed by atoms with Gasteiger partial charge in [-0.3, -0.25) is 4.79 Å². The van der Waals surface area contributed by atoms with Crippen molar-refractivity contribution >= 4 is 5.91 Å². The minimum absolute atomic E-state index is 0.329. The average Bonchev–Trinajstić information content (AvgIpc) is 2.61. The van der Waals surface area contributed by atoms with Crippen LogP contribution in [-0.2, 0) is 6.42 Å². The lowest BCUT2D eigenvalue weighted by molar-refractivity contribution is 0.0998. The number of rotatable bonds is 5. The molecule has 126 valence electrons. The smallest absolute Gasteiger partial charge is 0.252 e. The first-order chi connectivity index (χ1) is 11.6. The molecule has 0 aliphatic carbocycles. The minimum Gasteiger partial charge on any atom is -0.365 e. The molecule has 2 heterocycles. The Balaban J connectivity index is 1.63. The average molecular weight is 324 g/mol. The number of carbonyl (C=O) groups is 1. The third-order valence-corrected chi connectivity index (χ3v) is 4.69. The van der Waals surface area contributed by atoms with Crippen molar-refractivity contribution in [2.75, 3.05) is 19.6 Å². The fourth-order valence-corrected chi connectivity index (χ4v) is 3.32. The first-order valence-corrected chi connectivity index (χ1v) is 8.53. The molecular weight excluding hydrogens is 300 g/mol. The van der Waals surface area contributed by atoms with Crippen molar-refractivity contribution in [1.29, 1.82) is 0 Å². The number of nitrogens with zero attached hydrogens (tertiary/aromatic N) is 3. The lowest BCUT2D eigenvalue weighted by Gasteiger charge is -2.32.